The van der Waals surface area contributed by atoms with Gasteiger partial charge in [0.15, 0.2) is 16.3 Å². The summed E-state index contributed by atoms with van der Waals surface area (Å²) in [5.74, 6) is 0.336. The van der Waals surface area contributed by atoms with Crippen molar-refractivity contribution in [3.63, 3.8) is 0 Å². The van der Waals surface area contributed by atoms with E-state index in [9.17, 15) is 9.90 Å². The smallest absolute Gasteiger partial charge is 0.271 e. The van der Waals surface area contributed by atoms with Crippen LogP contribution in [0.2, 0.25) is 0 Å². The molecular weight excluding hydrogens is 536 g/mol. The number of methoxy groups -OCH3 is 1. The van der Waals surface area contributed by atoms with Crippen LogP contribution < -0.4 is 19.6 Å². The molecule has 1 aliphatic heterocycles. The molecular formula is C29H23BrN2O3S. The number of thiazole rings is 1. The molecule has 0 bridgehead atoms. The van der Waals surface area contributed by atoms with Crippen LogP contribution in [0.5, 0.6) is 11.5 Å². The number of phenolic OH excluding ortho intramolecular Hbond substituents is 1. The Morgan fingerprint density at radius 1 is 1.14 bits per heavy atom. The van der Waals surface area contributed by atoms with E-state index in [0.29, 0.717) is 20.6 Å². The van der Waals surface area contributed by atoms with Crippen molar-refractivity contribution >= 4 is 39.0 Å². The van der Waals surface area contributed by atoms with Gasteiger partial charge in [0.25, 0.3) is 5.56 Å². The number of aromatic hydroxyl groups is 1. The van der Waals surface area contributed by atoms with Crippen LogP contribution in [0.15, 0.2) is 80.5 Å². The summed E-state index contributed by atoms with van der Waals surface area (Å²) < 4.78 is 8.37. The van der Waals surface area contributed by atoms with Crippen LogP contribution in [-0.2, 0) is 6.42 Å². The molecule has 2 heterocycles. The van der Waals surface area contributed by atoms with Crippen molar-refractivity contribution < 1.29 is 9.84 Å². The fraction of sp³-hybridized carbons (Fsp3) is 0.172. The van der Waals surface area contributed by atoms with Gasteiger partial charge >= 0.3 is 0 Å². The number of benzene rings is 3. The highest BCUT2D eigenvalue weighted by Crippen LogP contribution is 2.41. The lowest BCUT2D eigenvalue weighted by atomic mass is 9.83. The highest BCUT2D eigenvalue weighted by atomic mass is 79.9. The lowest BCUT2D eigenvalue weighted by Gasteiger charge is -2.30. The number of allylic oxidation sites excluding steroid dienone is 1. The monoisotopic (exact) mass is 558 g/mol. The van der Waals surface area contributed by atoms with Crippen molar-refractivity contribution in [3.8, 4) is 11.5 Å². The molecule has 0 spiro atoms. The Morgan fingerprint density at radius 3 is 2.69 bits per heavy atom. The van der Waals surface area contributed by atoms with E-state index in [1.807, 2.05) is 10.6 Å². The average Bonchev–Trinajstić information content (AvgIpc) is 3.19. The molecule has 36 heavy (non-hydrogen) atoms. The fourth-order valence-corrected chi connectivity index (χ4v) is 6.52. The minimum absolute atomic E-state index is 0.00478. The van der Waals surface area contributed by atoms with Crippen molar-refractivity contribution in [3.05, 3.63) is 118 Å². The third-order valence-electron chi connectivity index (χ3n) is 6.84. The molecule has 0 amide bonds. The lowest BCUT2D eigenvalue weighted by molar-refractivity contribution is 0.372. The van der Waals surface area contributed by atoms with Gasteiger partial charge in [-0.05, 0) is 54.7 Å². The van der Waals surface area contributed by atoms with Crippen molar-refractivity contribution in [2.24, 2.45) is 4.99 Å². The third-order valence-corrected chi connectivity index (χ3v) is 8.28. The van der Waals surface area contributed by atoms with Crippen LogP contribution in [0.1, 0.15) is 40.3 Å². The molecule has 2 aliphatic rings. The summed E-state index contributed by atoms with van der Waals surface area (Å²) in [6.07, 6.45) is 3.49. The maximum atomic E-state index is 13.9. The molecule has 0 saturated carbocycles. The fourth-order valence-electron chi connectivity index (χ4n) is 5.07. The number of nitrogens with zero attached hydrogens (tertiary/aromatic N) is 2. The summed E-state index contributed by atoms with van der Waals surface area (Å²) in [5, 5.41) is 10.7. The summed E-state index contributed by atoms with van der Waals surface area (Å²) in [6.45, 7) is 2.07. The molecule has 1 aromatic heterocycles. The molecule has 0 fully saturated rings. The molecule has 1 aliphatic carbocycles. The molecule has 7 heteroatoms. The van der Waals surface area contributed by atoms with E-state index in [0.717, 1.165) is 34.1 Å². The van der Waals surface area contributed by atoms with Gasteiger partial charge in [0, 0.05) is 15.6 Å². The number of halogens is 1. The van der Waals surface area contributed by atoms with Crippen LogP contribution in [-0.4, -0.2) is 16.8 Å². The Labute approximate surface area is 220 Å². The highest BCUT2D eigenvalue weighted by molar-refractivity contribution is 9.10. The number of hydrogen-bond donors (Lipinski definition) is 1. The van der Waals surface area contributed by atoms with Crippen molar-refractivity contribution in [2.45, 2.75) is 25.8 Å². The summed E-state index contributed by atoms with van der Waals surface area (Å²) in [4.78, 5) is 19.6. The van der Waals surface area contributed by atoms with E-state index in [1.54, 1.807) is 18.2 Å². The first kappa shape index (κ1) is 23.0. The predicted molar refractivity (Wildman–Crippen MR) is 146 cm³/mol. The number of aryl methyl sites for hydroxylation is 2. The largest absolute Gasteiger partial charge is 0.504 e. The molecule has 0 radical (unpaired) electrons. The zero-order valence-electron chi connectivity index (χ0n) is 19.8. The molecule has 180 valence electrons. The SMILES string of the molecule is COc1cc(Br)cc(C=c2sc3n(c2=O)C(c2ccc(C)cc2)C2=C(N=3)c3ccccc3CC2)c1O. The Morgan fingerprint density at radius 2 is 1.92 bits per heavy atom. The van der Waals surface area contributed by atoms with Crippen molar-refractivity contribution in [2.75, 3.05) is 7.11 Å². The van der Waals surface area contributed by atoms with Crippen molar-refractivity contribution in [1.29, 1.82) is 0 Å². The zero-order valence-corrected chi connectivity index (χ0v) is 22.2. The maximum absolute atomic E-state index is 13.9. The number of ether oxygens (including phenoxy) is 1. The quantitative estimate of drug-likeness (QED) is 0.380. The number of fused-ring (bicyclic) bond motifs is 3. The molecule has 1 N–H and O–H groups in total. The topological polar surface area (TPSA) is 63.8 Å². The molecule has 0 saturated heterocycles. The summed E-state index contributed by atoms with van der Waals surface area (Å²) >= 11 is 4.81. The first-order chi connectivity index (χ1) is 17.4. The second-order valence-corrected chi connectivity index (χ2v) is 11.0. The van der Waals surface area contributed by atoms with Gasteiger partial charge < -0.3 is 9.84 Å². The van der Waals surface area contributed by atoms with Gasteiger partial charge in [-0.25, -0.2) is 4.99 Å². The van der Waals surface area contributed by atoms with Gasteiger partial charge in [-0.2, -0.15) is 0 Å². The zero-order chi connectivity index (χ0) is 25.0. The van der Waals surface area contributed by atoms with Gasteiger partial charge in [0.1, 0.15) is 0 Å². The highest BCUT2D eigenvalue weighted by Gasteiger charge is 2.32. The number of aromatic nitrogens is 1. The Bertz CT molecular complexity index is 1730. The molecule has 6 rings (SSSR count). The minimum atomic E-state index is -0.224. The molecule has 5 nitrogen and oxygen atoms in total. The summed E-state index contributed by atoms with van der Waals surface area (Å²) in [6, 6.07) is 20.0. The van der Waals surface area contributed by atoms with Gasteiger partial charge in [-0.3, -0.25) is 9.36 Å². The number of hydrogen-bond acceptors (Lipinski definition) is 5. The van der Waals surface area contributed by atoms with E-state index in [-0.39, 0.29) is 17.4 Å². The van der Waals surface area contributed by atoms with Gasteiger partial charge in [-0.15, -0.1) is 0 Å². The normalized spacial score (nSPS) is 16.8. The molecule has 3 aromatic carbocycles. The van der Waals surface area contributed by atoms with Gasteiger partial charge in [-0.1, -0.05) is 81.4 Å². The van der Waals surface area contributed by atoms with E-state index in [4.69, 9.17) is 9.73 Å². The predicted octanol–water partition coefficient (Wildman–Crippen LogP) is 5.10. The van der Waals surface area contributed by atoms with Crippen LogP contribution in [0.3, 0.4) is 0 Å². The summed E-state index contributed by atoms with van der Waals surface area (Å²) in [5.41, 5.74) is 7.21. The van der Waals surface area contributed by atoms with E-state index < -0.39 is 0 Å². The molecule has 1 atom stereocenters. The van der Waals surface area contributed by atoms with E-state index in [1.165, 1.54) is 35.1 Å². The Balaban J connectivity index is 1.62. The van der Waals surface area contributed by atoms with E-state index in [2.05, 4.69) is 65.3 Å². The summed E-state index contributed by atoms with van der Waals surface area (Å²) in [7, 11) is 1.50. The third kappa shape index (κ3) is 3.74. The van der Waals surface area contributed by atoms with Crippen LogP contribution in [0.4, 0.5) is 0 Å². The Hall–Kier alpha value is -3.42. The van der Waals surface area contributed by atoms with Crippen molar-refractivity contribution in [1.82, 2.24) is 4.57 Å². The second kappa shape index (κ2) is 8.91. The molecule has 1 unspecified atom stereocenters. The first-order valence-electron chi connectivity index (χ1n) is 11.7. The minimum Gasteiger partial charge on any atom is -0.504 e. The van der Waals surface area contributed by atoms with E-state index >= 15 is 0 Å². The van der Waals surface area contributed by atoms with Gasteiger partial charge in [0.05, 0.1) is 23.4 Å². The maximum Gasteiger partial charge on any atom is 0.271 e. The number of phenols is 1. The second-order valence-electron chi connectivity index (χ2n) is 9.07. The Kier molecular flexibility index (Phi) is 5.69. The average molecular weight is 559 g/mol. The lowest BCUT2D eigenvalue weighted by Crippen LogP contribution is -2.38. The molecule has 4 aromatic rings. The standard InChI is InChI=1S/C29H23BrN2O3S/c1-16-7-9-18(10-8-16)26-22-12-11-17-5-3-4-6-21(17)25(22)31-29-32(26)28(34)24(36-29)14-19-13-20(30)15-23(35-2)27(19)33/h3-10,13-15,26,33H,11-12H2,1-2H3. The van der Waals surface area contributed by atoms with Crippen LogP contribution >= 0.6 is 27.3 Å². The first-order valence-corrected chi connectivity index (χ1v) is 13.3. The van der Waals surface area contributed by atoms with Crippen LogP contribution in [0, 0.1) is 6.92 Å². The van der Waals surface area contributed by atoms with Gasteiger partial charge in [0.2, 0.25) is 0 Å². The number of rotatable bonds is 3. The van der Waals surface area contributed by atoms with Crippen LogP contribution in [0.25, 0.3) is 11.8 Å².